The average Bonchev–Trinajstić information content (AvgIpc) is 2.83. The third-order valence-electron chi connectivity index (χ3n) is 4.68. The number of aromatic amines is 1. The van der Waals surface area contributed by atoms with Crippen LogP contribution < -0.4 is 15.6 Å². The quantitative estimate of drug-likeness (QED) is 0.410. The number of nitrogens with zero attached hydrogens (tertiary/aromatic N) is 2. The molecule has 1 heterocycles. The van der Waals surface area contributed by atoms with Crippen molar-refractivity contribution in [3.8, 4) is 11.8 Å². The second-order valence-electron chi connectivity index (χ2n) is 6.99. The standard InChI is InChI=1S/C25H17ClN4O3/c26-18-10-11-21-20(13-18)25(32)30-24(29-21)17(14-27)12-16-6-4-5-9-22(16)33-15-23(31)28-19-7-2-1-3-8-19/h1-13H,15H2,(H,28,31)(H,29,30,32). The minimum Gasteiger partial charge on any atom is -0.483 e. The van der Waals surface area contributed by atoms with Crippen molar-refractivity contribution in [2.45, 2.75) is 0 Å². The number of benzene rings is 3. The molecule has 0 saturated heterocycles. The van der Waals surface area contributed by atoms with Crippen LogP contribution in [0.4, 0.5) is 5.69 Å². The Balaban J connectivity index is 1.59. The van der Waals surface area contributed by atoms with Gasteiger partial charge in [0.25, 0.3) is 11.5 Å². The predicted octanol–water partition coefficient (Wildman–Crippen LogP) is 4.66. The summed E-state index contributed by atoms with van der Waals surface area (Å²) >= 11 is 5.96. The number of carbonyl (C=O) groups excluding carboxylic acids is 1. The Morgan fingerprint density at radius 3 is 2.67 bits per heavy atom. The van der Waals surface area contributed by atoms with E-state index in [0.717, 1.165) is 0 Å². The summed E-state index contributed by atoms with van der Waals surface area (Å²) in [4.78, 5) is 31.7. The van der Waals surface area contributed by atoms with Gasteiger partial charge in [0.1, 0.15) is 11.8 Å². The highest BCUT2D eigenvalue weighted by atomic mass is 35.5. The lowest BCUT2D eigenvalue weighted by atomic mass is 10.1. The first-order valence-corrected chi connectivity index (χ1v) is 10.3. The first kappa shape index (κ1) is 21.8. The van der Waals surface area contributed by atoms with E-state index in [1.165, 1.54) is 6.07 Å². The molecule has 7 nitrogen and oxygen atoms in total. The molecule has 162 valence electrons. The topological polar surface area (TPSA) is 108 Å². The third-order valence-corrected chi connectivity index (χ3v) is 4.91. The van der Waals surface area contributed by atoms with Gasteiger partial charge < -0.3 is 15.0 Å². The lowest BCUT2D eigenvalue weighted by molar-refractivity contribution is -0.118. The van der Waals surface area contributed by atoms with Crippen LogP contribution in [0.5, 0.6) is 5.75 Å². The van der Waals surface area contributed by atoms with E-state index in [4.69, 9.17) is 16.3 Å². The summed E-state index contributed by atoms with van der Waals surface area (Å²) < 4.78 is 5.69. The van der Waals surface area contributed by atoms with E-state index >= 15 is 0 Å². The number of hydrogen-bond acceptors (Lipinski definition) is 5. The lowest BCUT2D eigenvalue weighted by Gasteiger charge is -2.10. The number of amides is 1. The second-order valence-corrected chi connectivity index (χ2v) is 7.42. The van der Waals surface area contributed by atoms with Crippen molar-refractivity contribution in [2.75, 3.05) is 11.9 Å². The van der Waals surface area contributed by atoms with Gasteiger partial charge in [0.15, 0.2) is 12.4 Å². The Hall–Kier alpha value is -4.41. The number of rotatable bonds is 6. The summed E-state index contributed by atoms with van der Waals surface area (Å²) in [5.74, 6) is 0.206. The van der Waals surface area contributed by atoms with Gasteiger partial charge in [-0.05, 0) is 42.5 Å². The van der Waals surface area contributed by atoms with Crippen LogP contribution in [0.25, 0.3) is 22.6 Å². The van der Waals surface area contributed by atoms with E-state index in [1.807, 2.05) is 18.2 Å². The average molecular weight is 457 g/mol. The van der Waals surface area contributed by atoms with Crippen LogP contribution in [-0.4, -0.2) is 22.5 Å². The maximum Gasteiger partial charge on any atom is 0.262 e. The number of nitriles is 1. The molecule has 0 bridgehead atoms. The van der Waals surface area contributed by atoms with Gasteiger partial charge in [-0.15, -0.1) is 0 Å². The maximum atomic E-state index is 12.5. The van der Waals surface area contributed by atoms with Crippen LogP contribution >= 0.6 is 11.6 Å². The van der Waals surface area contributed by atoms with Crippen LogP contribution in [0.2, 0.25) is 5.02 Å². The molecule has 0 radical (unpaired) electrons. The first-order chi connectivity index (χ1) is 16.0. The van der Waals surface area contributed by atoms with Crippen molar-refractivity contribution in [3.63, 3.8) is 0 Å². The van der Waals surface area contributed by atoms with Crippen LogP contribution in [0.1, 0.15) is 11.4 Å². The fourth-order valence-corrected chi connectivity index (χ4v) is 3.31. The van der Waals surface area contributed by atoms with Crippen molar-refractivity contribution in [1.82, 2.24) is 9.97 Å². The van der Waals surface area contributed by atoms with E-state index in [-0.39, 0.29) is 23.9 Å². The molecule has 4 aromatic rings. The Morgan fingerprint density at radius 2 is 1.88 bits per heavy atom. The molecule has 3 aromatic carbocycles. The molecule has 0 unspecified atom stereocenters. The molecule has 0 spiro atoms. The van der Waals surface area contributed by atoms with Crippen molar-refractivity contribution < 1.29 is 9.53 Å². The highest BCUT2D eigenvalue weighted by Crippen LogP contribution is 2.24. The fraction of sp³-hybridized carbons (Fsp3) is 0.0400. The molecular formula is C25H17ClN4O3. The Labute approximate surface area is 193 Å². The van der Waals surface area contributed by atoms with Gasteiger partial charge in [-0.2, -0.15) is 5.26 Å². The number of ether oxygens (including phenoxy) is 1. The summed E-state index contributed by atoms with van der Waals surface area (Å²) in [5.41, 5.74) is 1.37. The van der Waals surface area contributed by atoms with Crippen LogP contribution in [0, 0.1) is 11.3 Å². The molecule has 1 amide bonds. The lowest BCUT2D eigenvalue weighted by Crippen LogP contribution is -2.20. The maximum absolute atomic E-state index is 12.5. The highest BCUT2D eigenvalue weighted by Gasteiger charge is 2.11. The fourth-order valence-electron chi connectivity index (χ4n) is 3.14. The molecule has 2 N–H and O–H groups in total. The zero-order valence-corrected chi connectivity index (χ0v) is 18.0. The number of allylic oxidation sites excluding steroid dienone is 1. The van der Waals surface area contributed by atoms with Gasteiger partial charge in [-0.1, -0.05) is 48.0 Å². The van der Waals surface area contributed by atoms with E-state index in [1.54, 1.807) is 54.6 Å². The number of halogens is 1. The number of hydrogen-bond donors (Lipinski definition) is 2. The van der Waals surface area contributed by atoms with E-state index in [9.17, 15) is 14.9 Å². The van der Waals surface area contributed by atoms with Crippen LogP contribution in [0.15, 0.2) is 77.6 Å². The third kappa shape index (κ3) is 5.26. The summed E-state index contributed by atoms with van der Waals surface area (Å²) in [5, 5.41) is 13.2. The number of H-pyrrole nitrogens is 1. The number of carbonyl (C=O) groups is 1. The van der Waals surface area contributed by atoms with Gasteiger partial charge >= 0.3 is 0 Å². The molecule has 0 fully saturated rings. The van der Waals surface area contributed by atoms with Crippen molar-refractivity contribution in [2.24, 2.45) is 0 Å². The number of para-hydroxylation sites is 2. The smallest absolute Gasteiger partial charge is 0.262 e. The van der Waals surface area contributed by atoms with E-state index < -0.39 is 5.56 Å². The molecule has 33 heavy (non-hydrogen) atoms. The molecule has 0 saturated carbocycles. The summed E-state index contributed by atoms with van der Waals surface area (Å²) in [6.07, 6.45) is 1.55. The van der Waals surface area contributed by atoms with Crippen molar-refractivity contribution >= 4 is 45.7 Å². The molecular weight excluding hydrogens is 440 g/mol. The first-order valence-electron chi connectivity index (χ1n) is 9.92. The minimum atomic E-state index is -0.402. The monoisotopic (exact) mass is 456 g/mol. The zero-order chi connectivity index (χ0) is 23.2. The highest BCUT2D eigenvalue weighted by molar-refractivity contribution is 6.31. The molecule has 0 aliphatic heterocycles. The molecule has 1 aromatic heterocycles. The van der Waals surface area contributed by atoms with Crippen LogP contribution in [0.3, 0.4) is 0 Å². The summed E-state index contributed by atoms with van der Waals surface area (Å²) in [6, 6.07) is 22.8. The minimum absolute atomic E-state index is 0.119. The van der Waals surface area contributed by atoms with Crippen molar-refractivity contribution in [3.05, 3.63) is 99.6 Å². The molecule has 0 atom stereocenters. The molecule has 0 aliphatic rings. The Morgan fingerprint density at radius 1 is 1.12 bits per heavy atom. The summed E-state index contributed by atoms with van der Waals surface area (Å²) in [6.45, 7) is -0.215. The number of anilines is 1. The molecule has 0 aliphatic carbocycles. The van der Waals surface area contributed by atoms with Gasteiger partial charge in [-0.25, -0.2) is 4.98 Å². The molecule has 8 heteroatoms. The van der Waals surface area contributed by atoms with Gasteiger partial charge in [0.2, 0.25) is 0 Å². The normalized spacial score (nSPS) is 11.1. The number of fused-ring (bicyclic) bond motifs is 1. The number of nitrogens with one attached hydrogen (secondary N) is 2. The Bertz CT molecular complexity index is 1460. The zero-order valence-electron chi connectivity index (χ0n) is 17.2. The van der Waals surface area contributed by atoms with E-state index in [2.05, 4.69) is 21.4 Å². The predicted molar refractivity (Wildman–Crippen MR) is 128 cm³/mol. The number of aromatic nitrogens is 2. The van der Waals surface area contributed by atoms with Gasteiger partial charge in [0, 0.05) is 16.3 Å². The Kier molecular flexibility index (Phi) is 6.48. The van der Waals surface area contributed by atoms with Gasteiger partial charge in [0.05, 0.1) is 16.5 Å². The van der Waals surface area contributed by atoms with Crippen LogP contribution in [-0.2, 0) is 4.79 Å². The SMILES string of the molecule is N#CC(=Cc1ccccc1OCC(=O)Nc1ccccc1)c1nc2ccc(Cl)cc2c(=O)[nH]1. The molecule has 4 rings (SSSR count). The summed E-state index contributed by atoms with van der Waals surface area (Å²) in [7, 11) is 0. The van der Waals surface area contributed by atoms with Gasteiger partial charge in [-0.3, -0.25) is 9.59 Å². The largest absolute Gasteiger partial charge is 0.483 e. The second kappa shape index (κ2) is 9.81. The van der Waals surface area contributed by atoms with Crippen molar-refractivity contribution in [1.29, 1.82) is 5.26 Å². The van der Waals surface area contributed by atoms with E-state index in [0.29, 0.717) is 32.9 Å².